The first-order chi connectivity index (χ1) is 14.2. The lowest BCUT2D eigenvalue weighted by Gasteiger charge is -2.38. The number of hydrogen-bond acceptors (Lipinski definition) is 6. The molecule has 0 N–H and O–H groups in total. The minimum atomic E-state index is 0.242. The first kappa shape index (κ1) is 19.8. The Hall–Kier alpha value is -2.51. The summed E-state index contributed by atoms with van der Waals surface area (Å²) < 4.78 is 0. The minimum absolute atomic E-state index is 0.242. The van der Waals surface area contributed by atoms with Gasteiger partial charge in [-0.1, -0.05) is 24.3 Å². The van der Waals surface area contributed by atoms with Crippen LogP contribution in [0.15, 0.2) is 42.7 Å². The summed E-state index contributed by atoms with van der Waals surface area (Å²) in [4.78, 5) is 30.3. The number of amides is 1. The fourth-order valence-corrected chi connectivity index (χ4v) is 4.04. The highest BCUT2D eigenvalue weighted by atomic mass is 16.2. The van der Waals surface area contributed by atoms with Crippen molar-refractivity contribution in [1.82, 2.24) is 24.7 Å². The second-order valence-corrected chi connectivity index (χ2v) is 7.90. The summed E-state index contributed by atoms with van der Waals surface area (Å²) in [5.41, 5.74) is 2.75. The van der Waals surface area contributed by atoms with Gasteiger partial charge in [0.15, 0.2) is 0 Å². The van der Waals surface area contributed by atoms with Crippen molar-refractivity contribution in [3.63, 3.8) is 0 Å². The molecule has 0 saturated carbocycles. The maximum atomic E-state index is 12.7. The Morgan fingerprint density at radius 3 is 2.21 bits per heavy atom. The van der Waals surface area contributed by atoms with Gasteiger partial charge in [0.25, 0.3) is 0 Å². The molecule has 0 radical (unpaired) electrons. The van der Waals surface area contributed by atoms with Crippen molar-refractivity contribution < 1.29 is 4.79 Å². The molecule has 2 aliphatic rings. The van der Waals surface area contributed by atoms with Crippen LogP contribution in [0.3, 0.4) is 0 Å². The van der Waals surface area contributed by atoms with E-state index in [0.29, 0.717) is 6.54 Å². The van der Waals surface area contributed by atoms with E-state index in [4.69, 9.17) is 0 Å². The molecule has 0 atom stereocenters. The van der Waals surface area contributed by atoms with Crippen molar-refractivity contribution in [1.29, 1.82) is 0 Å². The summed E-state index contributed by atoms with van der Waals surface area (Å²) in [6.07, 6.45) is 3.53. The van der Waals surface area contributed by atoms with E-state index in [9.17, 15) is 4.79 Å². The van der Waals surface area contributed by atoms with Crippen LogP contribution in [0.4, 0.5) is 5.95 Å². The third-order valence-electron chi connectivity index (χ3n) is 5.95. The smallest absolute Gasteiger partial charge is 0.236 e. The molecule has 0 bridgehead atoms. The Kier molecular flexibility index (Phi) is 6.36. The van der Waals surface area contributed by atoms with Crippen LogP contribution in [-0.4, -0.2) is 89.5 Å². The SMILES string of the molecule is Cc1ccccc1CN1CCN(CC(=O)N2CCN(c3ncccn3)CC2)CC1. The van der Waals surface area contributed by atoms with Gasteiger partial charge >= 0.3 is 0 Å². The lowest BCUT2D eigenvalue weighted by molar-refractivity contribution is -0.133. The standard InChI is InChI=1S/C22H30N6O/c1-19-5-2-3-6-20(19)17-25-9-11-26(12-10-25)18-21(29)27-13-15-28(16-14-27)22-23-7-4-8-24-22/h2-8H,9-18H2,1H3. The fraction of sp³-hybridized carbons (Fsp3) is 0.500. The van der Waals surface area contributed by atoms with E-state index in [2.05, 4.69) is 55.9 Å². The Morgan fingerprint density at radius 1 is 0.862 bits per heavy atom. The number of nitrogens with zero attached hydrogens (tertiary/aromatic N) is 6. The van der Waals surface area contributed by atoms with Gasteiger partial charge in [0.1, 0.15) is 0 Å². The molecular formula is C22H30N6O. The number of carbonyl (C=O) groups excluding carboxylic acids is 1. The number of benzene rings is 1. The van der Waals surface area contributed by atoms with Crippen molar-refractivity contribution in [2.75, 3.05) is 63.8 Å². The Bertz CT molecular complexity index is 798. The molecule has 7 heteroatoms. The van der Waals surface area contributed by atoms with Gasteiger partial charge in [0, 0.05) is 71.3 Å². The molecule has 29 heavy (non-hydrogen) atoms. The predicted molar refractivity (Wildman–Crippen MR) is 114 cm³/mol. The second-order valence-electron chi connectivity index (χ2n) is 7.90. The monoisotopic (exact) mass is 394 g/mol. The van der Waals surface area contributed by atoms with Gasteiger partial charge in [0.2, 0.25) is 11.9 Å². The summed E-state index contributed by atoms with van der Waals surface area (Å²) in [5, 5.41) is 0. The van der Waals surface area contributed by atoms with Crippen molar-refractivity contribution in [3.05, 3.63) is 53.9 Å². The van der Waals surface area contributed by atoms with Crippen LogP contribution in [-0.2, 0) is 11.3 Å². The van der Waals surface area contributed by atoms with Gasteiger partial charge in [-0.3, -0.25) is 14.6 Å². The number of carbonyl (C=O) groups is 1. The van der Waals surface area contributed by atoms with E-state index < -0.39 is 0 Å². The van der Waals surface area contributed by atoms with Crippen molar-refractivity contribution >= 4 is 11.9 Å². The number of hydrogen-bond donors (Lipinski definition) is 0. The normalized spacial score (nSPS) is 18.8. The molecule has 154 valence electrons. The number of piperazine rings is 2. The van der Waals surface area contributed by atoms with Crippen molar-refractivity contribution in [2.45, 2.75) is 13.5 Å². The maximum Gasteiger partial charge on any atom is 0.236 e. The number of anilines is 1. The minimum Gasteiger partial charge on any atom is -0.338 e. The molecule has 0 spiro atoms. The highest BCUT2D eigenvalue weighted by Gasteiger charge is 2.25. The first-order valence-corrected chi connectivity index (χ1v) is 10.5. The largest absolute Gasteiger partial charge is 0.338 e. The number of aryl methyl sites for hydroxylation is 1. The molecule has 1 aromatic heterocycles. The van der Waals surface area contributed by atoms with Crippen LogP contribution >= 0.6 is 0 Å². The van der Waals surface area contributed by atoms with Crippen LogP contribution in [0.1, 0.15) is 11.1 Å². The molecule has 1 amide bonds. The van der Waals surface area contributed by atoms with Crippen molar-refractivity contribution in [3.8, 4) is 0 Å². The van der Waals surface area contributed by atoms with E-state index in [1.165, 1.54) is 11.1 Å². The van der Waals surface area contributed by atoms with E-state index >= 15 is 0 Å². The molecule has 2 aromatic rings. The van der Waals surface area contributed by atoms with E-state index in [0.717, 1.165) is 64.9 Å². The zero-order chi connectivity index (χ0) is 20.1. The van der Waals surface area contributed by atoms with Crippen LogP contribution in [0.2, 0.25) is 0 Å². The van der Waals surface area contributed by atoms with Gasteiger partial charge < -0.3 is 9.80 Å². The molecule has 1 aromatic carbocycles. The van der Waals surface area contributed by atoms with Crippen molar-refractivity contribution in [2.24, 2.45) is 0 Å². The van der Waals surface area contributed by atoms with E-state index in [1.54, 1.807) is 12.4 Å². The van der Waals surface area contributed by atoms with Gasteiger partial charge in [-0.25, -0.2) is 9.97 Å². The third-order valence-corrected chi connectivity index (χ3v) is 5.95. The molecule has 3 heterocycles. The topological polar surface area (TPSA) is 55.8 Å². The van der Waals surface area contributed by atoms with Gasteiger partial charge in [-0.2, -0.15) is 0 Å². The average Bonchev–Trinajstić information content (AvgIpc) is 2.77. The zero-order valence-corrected chi connectivity index (χ0v) is 17.2. The van der Waals surface area contributed by atoms with Gasteiger partial charge in [-0.05, 0) is 24.1 Å². The van der Waals surface area contributed by atoms with Crippen LogP contribution in [0, 0.1) is 6.92 Å². The Morgan fingerprint density at radius 2 is 1.52 bits per heavy atom. The molecule has 7 nitrogen and oxygen atoms in total. The molecule has 4 rings (SSSR count). The average molecular weight is 395 g/mol. The zero-order valence-electron chi connectivity index (χ0n) is 17.2. The summed E-state index contributed by atoms with van der Waals surface area (Å²) in [6.45, 7) is 10.7. The van der Waals surface area contributed by atoms with Crippen LogP contribution < -0.4 is 4.90 Å². The summed E-state index contributed by atoms with van der Waals surface area (Å²) in [5.74, 6) is 0.996. The number of rotatable bonds is 5. The first-order valence-electron chi connectivity index (χ1n) is 10.5. The summed E-state index contributed by atoms with van der Waals surface area (Å²) in [6, 6.07) is 10.4. The molecule has 0 unspecified atom stereocenters. The molecule has 2 fully saturated rings. The van der Waals surface area contributed by atoms with Crippen LogP contribution in [0.5, 0.6) is 0 Å². The molecule has 0 aliphatic carbocycles. The second kappa shape index (κ2) is 9.33. The van der Waals surface area contributed by atoms with Gasteiger partial charge in [0.05, 0.1) is 6.54 Å². The van der Waals surface area contributed by atoms with Crippen LogP contribution in [0.25, 0.3) is 0 Å². The highest BCUT2D eigenvalue weighted by Crippen LogP contribution is 2.13. The molecule has 2 saturated heterocycles. The third kappa shape index (κ3) is 5.10. The van der Waals surface area contributed by atoms with E-state index in [-0.39, 0.29) is 5.91 Å². The maximum absolute atomic E-state index is 12.7. The summed E-state index contributed by atoms with van der Waals surface area (Å²) in [7, 11) is 0. The lowest BCUT2D eigenvalue weighted by atomic mass is 10.1. The Labute approximate surface area is 172 Å². The Balaban J connectivity index is 1.20. The van der Waals surface area contributed by atoms with Gasteiger partial charge in [-0.15, -0.1) is 0 Å². The molecular weight excluding hydrogens is 364 g/mol. The predicted octanol–water partition coefficient (Wildman–Crippen LogP) is 1.25. The molecule has 2 aliphatic heterocycles. The summed E-state index contributed by atoms with van der Waals surface area (Å²) >= 11 is 0. The highest BCUT2D eigenvalue weighted by molar-refractivity contribution is 5.78. The quantitative estimate of drug-likeness (QED) is 0.761. The van der Waals surface area contributed by atoms with E-state index in [1.807, 2.05) is 11.0 Å². The fourth-order valence-electron chi connectivity index (χ4n) is 4.04. The lowest BCUT2D eigenvalue weighted by Crippen LogP contribution is -2.54. The number of aromatic nitrogens is 2.